The molecule has 0 radical (unpaired) electrons. The SMILES string of the molecule is Cn1cncc1CNc1cc(F)ccc1Cl. The summed E-state index contributed by atoms with van der Waals surface area (Å²) in [5.41, 5.74) is 1.59. The zero-order chi connectivity index (χ0) is 11.5. The molecule has 3 nitrogen and oxygen atoms in total. The summed E-state index contributed by atoms with van der Waals surface area (Å²) >= 11 is 5.92. The number of hydrogen-bond acceptors (Lipinski definition) is 2. The van der Waals surface area contributed by atoms with Crippen LogP contribution in [0, 0.1) is 5.82 Å². The minimum absolute atomic E-state index is 0.308. The van der Waals surface area contributed by atoms with Crippen LogP contribution < -0.4 is 5.32 Å². The van der Waals surface area contributed by atoms with E-state index in [2.05, 4.69) is 10.3 Å². The van der Waals surface area contributed by atoms with Gasteiger partial charge in [0.05, 0.1) is 29.3 Å². The van der Waals surface area contributed by atoms with Crippen molar-refractivity contribution in [2.75, 3.05) is 5.32 Å². The number of nitrogens with one attached hydrogen (secondary N) is 1. The molecule has 0 aliphatic carbocycles. The van der Waals surface area contributed by atoms with Gasteiger partial charge in [0.25, 0.3) is 0 Å². The lowest BCUT2D eigenvalue weighted by Gasteiger charge is -2.08. The predicted molar refractivity (Wildman–Crippen MR) is 61.9 cm³/mol. The summed E-state index contributed by atoms with van der Waals surface area (Å²) in [6.45, 7) is 0.555. The molecule has 0 atom stereocenters. The molecule has 1 aromatic carbocycles. The van der Waals surface area contributed by atoms with Crippen LogP contribution in [0.1, 0.15) is 5.69 Å². The van der Waals surface area contributed by atoms with E-state index < -0.39 is 0 Å². The molecule has 0 amide bonds. The van der Waals surface area contributed by atoms with Crippen LogP contribution in [0.5, 0.6) is 0 Å². The summed E-state index contributed by atoms with van der Waals surface area (Å²) in [5.74, 6) is -0.308. The van der Waals surface area contributed by atoms with Crippen molar-refractivity contribution in [3.63, 3.8) is 0 Å². The van der Waals surface area contributed by atoms with E-state index in [0.29, 0.717) is 17.3 Å². The highest BCUT2D eigenvalue weighted by Crippen LogP contribution is 2.22. The highest BCUT2D eigenvalue weighted by atomic mass is 35.5. The molecule has 0 aliphatic heterocycles. The summed E-state index contributed by atoms with van der Waals surface area (Å²) in [7, 11) is 1.90. The number of rotatable bonds is 3. The minimum Gasteiger partial charge on any atom is -0.378 e. The molecule has 5 heteroatoms. The van der Waals surface area contributed by atoms with E-state index in [-0.39, 0.29) is 5.82 Å². The number of aryl methyl sites for hydroxylation is 1. The van der Waals surface area contributed by atoms with Crippen LogP contribution >= 0.6 is 11.6 Å². The first-order valence-electron chi connectivity index (χ1n) is 4.81. The molecular formula is C11H11ClFN3. The molecule has 16 heavy (non-hydrogen) atoms. The van der Waals surface area contributed by atoms with Crippen molar-refractivity contribution >= 4 is 17.3 Å². The van der Waals surface area contributed by atoms with Gasteiger partial charge in [-0.3, -0.25) is 0 Å². The second-order valence-electron chi connectivity index (χ2n) is 3.47. The Kier molecular flexibility index (Phi) is 3.10. The summed E-state index contributed by atoms with van der Waals surface area (Å²) in [5, 5.41) is 3.57. The molecule has 1 heterocycles. The van der Waals surface area contributed by atoms with Crippen LogP contribution in [0.25, 0.3) is 0 Å². The van der Waals surface area contributed by atoms with Crippen molar-refractivity contribution in [1.29, 1.82) is 0 Å². The Morgan fingerprint density at radius 3 is 3.00 bits per heavy atom. The quantitative estimate of drug-likeness (QED) is 0.893. The van der Waals surface area contributed by atoms with Gasteiger partial charge < -0.3 is 9.88 Å². The topological polar surface area (TPSA) is 29.9 Å². The van der Waals surface area contributed by atoms with E-state index in [1.807, 2.05) is 11.6 Å². The second-order valence-corrected chi connectivity index (χ2v) is 3.88. The minimum atomic E-state index is -0.308. The molecule has 84 valence electrons. The number of imidazole rings is 1. The van der Waals surface area contributed by atoms with Gasteiger partial charge in [0.15, 0.2) is 0 Å². The summed E-state index contributed by atoms with van der Waals surface area (Å²) in [6, 6.07) is 4.23. The summed E-state index contributed by atoms with van der Waals surface area (Å²) in [4.78, 5) is 3.99. The van der Waals surface area contributed by atoms with Gasteiger partial charge in [-0.25, -0.2) is 9.37 Å². The number of nitrogens with zero attached hydrogens (tertiary/aromatic N) is 2. The average molecular weight is 240 g/mol. The van der Waals surface area contributed by atoms with Crippen molar-refractivity contribution in [2.45, 2.75) is 6.54 Å². The Morgan fingerprint density at radius 1 is 1.50 bits per heavy atom. The first-order valence-corrected chi connectivity index (χ1v) is 5.19. The summed E-state index contributed by atoms with van der Waals surface area (Å²) < 4.78 is 14.9. The molecule has 0 fully saturated rings. The molecule has 1 N–H and O–H groups in total. The van der Waals surface area contributed by atoms with Crippen LogP contribution in [0.15, 0.2) is 30.7 Å². The van der Waals surface area contributed by atoms with Gasteiger partial charge in [-0.2, -0.15) is 0 Å². The lowest BCUT2D eigenvalue weighted by Crippen LogP contribution is -2.04. The fourth-order valence-corrected chi connectivity index (χ4v) is 1.56. The van der Waals surface area contributed by atoms with E-state index >= 15 is 0 Å². The molecule has 0 aliphatic rings. The normalized spacial score (nSPS) is 10.4. The van der Waals surface area contributed by atoms with Crippen LogP contribution in [-0.2, 0) is 13.6 Å². The number of anilines is 1. The standard InChI is InChI=1S/C11H11ClFN3/c1-16-7-14-5-9(16)6-15-11-4-8(13)2-3-10(11)12/h2-5,7,15H,6H2,1H3. The van der Waals surface area contributed by atoms with Gasteiger partial charge in [0.2, 0.25) is 0 Å². The van der Waals surface area contributed by atoms with Crippen molar-refractivity contribution in [3.05, 3.63) is 47.3 Å². The number of aromatic nitrogens is 2. The van der Waals surface area contributed by atoms with Crippen LogP contribution in [-0.4, -0.2) is 9.55 Å². The van der Waals surface area contributed by atoms with Crippen molar-refractivity contribution < 1.29 is 4.39 Å². The Hall–Kier alpha value is -1.55. The van der Waals surface area contributed by atoms with Crippen LogP contribution in [0.2, 0.25) is 5.02 Å². The molecule has 1 aromatic heterocycles. The zero-order valence-electron chi connectivity index (χ0n) is 8.74. The van der Waals surface area contributed by atoms with Gasteiger partial charge in [-0.05, 0) is 18.2 Å². The Labute approximate surface area is 97.9 Å². The van der Waals surface area contributed by atoms with E-state index in [4.69, 9.17) is 11.6 Å². The molecule has 0 spiro atoms. The monoisotopic (exact) mass is 239 g/mol. The lowest BCUT2D eigenvalue weighted by molar-refractivity contribution is 0.628. The third kappa shape index (κ3) is 2.33. The third-order valence-corrected chi connectivity index (χ3v) is 2.63. The first-order chi connectivity index (χ1) is 7.66. The summed E-state index contributed by atoms with van der Waals surface area (Å²) in [6.07, 6.45) is 3.46. The van der Waals surface area contributed by atoms with Crippen molar-refractivity contribution in [3.8, 4) is 0 Å². The maximum Gasteiger partial charge on any atom is 0.125 e. The van der Waals surface area contributed by atoms with Crippen molar-refractivity contribution in [1.82, 2.24) is 9.55 Å². The van der Waals surface area contributed by atoms with Crippen molar-refractivity contribution in [2.24, 2.45) is 7.05 Å². The fourth-order valence-electron chi connectivity index (χ4n) is 1.37. The predicted octanol–water partition coefficient (Wildman–Crippen LogP) is 2.82. The molecule has 0 saturated carbocycles. The average Bonchev–Trinajstić information content (AvgIpc) is 2.66. The molecule has 0 unspecified atom stereocenters. The smallest absolute Gasteiger partial charge is 0.125 e. The van der Waals surface area contributed by atoms with Gasteiger partial charge in [0.1, 0.15) is 5.82 Å². The van der Waals surface area contributed by atoms with Gasteiger partial charge in [-0.1, -0.05) is 11.6 Å². The molecule has 2 rings (SSSR count). The van der Waals surface area contributed by atoms with Crippen LogP contribution in [0.4, 0.5) is 10.1 Å². The molecule has 0 bridgehead atoms. The number of hydrogen-bond donors (Lipinski definition) is 1. The van der Waals surface area contributed by atoms with Gasteiger partial charge >= 0.3 is 0 Å². The number of halogens is 2. The highest BCUT2D eigenvalue weighted by Gasteiger charge is 2.03. The number of benzene rings is 1. The third-order valence-electron chi connectivity index (χ3n) is 2.30. The first kappa shape index (κ1) is 11.0. The largest absolute Gasteiger partial charge is 0.378 e. The van der Waals surface area contributed by atoms with Gasteiger partial charge in [-0.15, -0.1) is 0 Å². The molecule has 0 saturated heterocycles. The van der Waals surface area contributed by atoms with Gasteiger partial charge in [0, 0.05) is 13.2 Å². The Bertz CT molecular complexity index is 496. The highest BCUT2D eigenvalue weighted by molar-refractivity contribution is 6.33. The maximum atomic E-state index is 13.0. The molecular weight excluding hydrogens is 229 g/mol. The van der Waals surface area contributed by atoms with E-state index in [1.165, 1.54) is 18.2 Å². The zero-order valence-corrected chi connectivity index (χ0v) is 9.50. The van der Waals surface area contributed by atoms with E-state index in [9.17, 15) is 4.39 Å². The Balaban J connectivity index is 2.10. The van der Waals surface area contributed by atoms with Crippen LogP contribution in [0.3, 0.4) is 0 Å². The fraction of sp³-hybridized carbons (Fsp3) is 0.182. The molecule has 2 aromatic rings. The lowest BCUT2D eigenvalue weighted by atomic mass is 10.3. The second kappa shape index (κ2) is 4.53. The van der Waals surface area contributed by atoms with E-state index in [1.54, 1.807) is 12.5 Å². The van der Waals surface area contributed by atoms with E-state index in [0.717, 1.165) is 5.69 Å². The maximum absolute atomic E-state index is 13.0. The Morgan fingerprint density at radius 2 is 2.31 bits per heavy atom.